The zero-order valence-corrected chi connectivity index (χ0v) is 10.4. The number of amidine groups is 1. The fourth-order valence-electron chi connectivity index (χ4n) is 1.70. The van der Waals surface area contributed by atoms with Gasteiger partial charge >= 0.3 is 0 Å². The van der Waals surface area contributed by atoms with Gasteiger partial charge < -0.3 is 5.32 Å². The van der Waals surface area contributed by atoms with E-state index in [1.54, 1.807) is 6.20 Å². The topological polar surface area (TPSA) is 42.2 Å². The van der Waals surface area contributed by atoms with Crippen LogP contribution in [0.1, 0.15) is 19.8 Å². The minimum absolute atomic E-state index is 0.692. The smallest absolute Gasteiger partial charge is 0.156 e. The Kier molecular flexibility index (Phi) is 4.27. The van der Waals surface area contributed by atoms with E-state index in [1.807, 2.05) is 28.7 Å². The number of aliphatic imine (C=N–C) groups is 1. The van der Waals surface area contributed by atoms with E-state index < -0.39 is 0 Å². The van der Waals surface area contributed by atoms with Crippen molar-refractivity contribution in [1.82, 2.24) is 15.1 Å². The lowest BCUT2D eigenvalue weighted by Gasteiger charge is -2.07. The normalized spacial score (nSPS) is 19.8. The zero-order chi connectivity index (χ0) is 11.2. The highest BCUT2D eigenvalue weighted by Crippen LogP contribution is 2.23. The van der Waals surface area contributed by atoms with Crippen LogP contribution >= 0.6 is 11.8 Å². The van der Waals surface area contributed by atoms with Crippen LogP contribution in [0.5, 0.6) is 0 Å². The highest BCUT2D eigenvalue weighted by molar-refractivity contribution is 8.14. The van der Waals surface area contributed by atoms with Crippen molar-refractivity contribution in [2.45, 2.75) is 31.6 Å². The molecule has 0 amide bonds. The molecule has 1 unspecified atom stereocenters. The van der Waals surface area contributed by atoms with Crippen LogP contribution in [-0.2, 0) is 6.54 Å². The van der Waals surface area contributed by atoms with Crippen molar-refractivity contribution < 1.29 is 0 Å². The minimum atomic E-state index is 0.692. The predicted octanol–water partition coefficient (Wildman–Crippen LogP) is 1.74. The molecule has 1 aliphatic rings. The number of nitrogens with one attached hydrogen (secondary N) is 1. The van der Waals surface area contributed by atoms with Gasteiger partial charge in [-0.25, -0.2) is 0 Å². The molecule has 0 aliphatic carbocycles. The number of aromatic nitrogens is 2. The molecule has 0 aromatic carbocycles. The summed E-state index contributed by atoms with van der Waals surface area (Å²) in [7, 11) is 0. The van der Waals surface area contributed by atoms with Crippen molar-refractivity contribution in [3.63, 3.8) is 0 Å². The molecule has 4 nitrogen and oxygen atoms in total. The minimum Gasteiger partial charge on any atom is -0.363 e. The lowest BCUT2D eigenvalue weighted by atomic mass is 10.2. The second-order valence-electron chi connectivity index (χ2n) is 3.87. The third-order valence-electron chi connectivity index (χ3n) is 2.50. The van der Waals surface area contributed by atoms with Gasteiger partial charge in [0.15, 0.2) is 5.17 Å². The fourth-order valence-corrected chi connectivity index (χ4v) is 2.85. The van der Waals surface area contributed by atoms with Gasteiger partial charge in [-0.15, -0.1) is 0 Å². The monoisotopic (exact) mass is 238 g/mol. The van der Waals surface area contributed by atoms with E-state index in [0.717, 1.165) is 24.8 Å². The standard InChI is InChI=1S/C11H18N4S/c1-2-4-10-9-13-11(16-10)12-6-8-15-7-3-5-14-15/h3,5,7,10H,2,4,6,8-9H2,1H3,(H,12,13). The Balaban J connectivity index is 1.64. The van der Waals surface area contributed by atoms with Crippen molar-refractivity contribution in [2.24, 2.45) is 4.99 Å². The van der Waals surface area contributed by atoms with Crippen LogP contribution in [0.25, 0.3) is 0 Å². The number of nitrogens with zero attached hydrogens (tertiary/aromatic N) is 3. The van der Waals surface area contributed by atoms with E-state index in [2.05, 4.69) is 22.3 Å². The van der Waals surface area contributed by atoms with E-state index in [9.17, 15) is 0 Å². The van der Waals surface area contributed by atoms with Gasteiger partial charge in [0.1, 0.15) is 0 Å². The molecule has 0 saturated heterocycles. The summed E-state index contributed by atoms with van der Waals surface area (Å²) in [5, 5.41) is 9.31. The van der Waals surface area contributed by atoms with Crippen molar-refractivity contribution in [1.29, 1.82) is 0 Å². The van der Waals surface area contributed by atoms with Crippen LogP contribution in [0, 0.1) is 0 Å². The molecular weight excluding hydrogens is 220 g/mol. The lowest BCUT2D eigenvalue weighted by Crippen LogP contribution is -2.24. The van der Waals surface area contributed by atoms with E-state index in [0.29, 0.717) is 5.25 Å². The second-order valence-corrected chi connectivity index (χ2v) is 5.16. The first kappa shape index (κ1) is 11.5. The molecule has 1 aromatic heterocycles. The summed E-state index contributed by atoms with van der Waals surface area (Å²) in [4.78, 5) is 4.49. The molecular formula is C11H18N4S. The van der Waals surface area contributed by atoms with Crippen LogP contribution < -0.4 is 5.32 Å². The molecule has 1 atom stereocenters. The van der Waals surface area contributed by atoms with Crippen molar-refractivity contribution >= 4 is 16.9 Å². The van der Waals surface area contributed by atoms with E-state index in [-0.39, 0.29) is 0 Å². The van der Waals surface area contributed by atoms with Crippen molar-refractivity contribution in [2.75, 3.05) is 13.1 Å². The van der Waals surface area contributed by atoms with Crippen LogP contribution in [0.4, 0.5) is 0 Å². The molecule has 0 bridgehead atoms. The molecule has 0 saturated carbocycles. The van der Waals surface area contributed by atoms with E-state index >= 15 is 0 Å². The van der Waals surface area contributed by atoms with Gasteiger partial charge in [0.2, 0.25) is 0 Å². The maximum absolute atomic E-state index is 4.49. The summed E-state index contributed by atoms with van der Waals surface area (Å²) < 4.78 is 1.93. The first-order chi connectivity index (χ1) is 7.88. The number of thioether (sulfide) groups is 1. The number of hydrogen-bond donors (Lipinski definition) is 1. The van der Waals surface area contributed by atoms with Crippen LogP contribution in [0.15, 0.2) is 23.5 Å². The quantitative estimate of drug-likeness (QED) is 0.849. The first-order valence-corrected chi connectivity index (χ1v) is 6.69. The van der Waals surface area contributed by atoms with Crippen LogP contribution in [0.2, 0.25) is 0 Å². The Labute approximate surface area is 101 Å². The molecule has 1 N–H and O–H groups in total. The number of rotatable bonds is 5. The Morgan fingerprint density at radius 3 is 3.31 bits per heavy atom. The van der Waals surface area contributed by atoms with Crippen molar-refractivity contribution in [3.05, 3.63) is 18.5 Å². The molecule has 16 heavy (non-hydrogen) atoms. The van der Waals surface area contributed by atoms with Gasteiger partial charge in [-0.1, -0.05) is 25.1 Å². The van der Waals surface area contributed by atoms with Gasteiger partial charge in [-0.05, 0) is 12.5 Å². The highest BCUT2D eigenvalue weighted by Gasteiger charge is 2.17. The molecule has 0 spiro atoms. The number of hydrogen-bond acceptors (Lipinski definition) is 4. The van der Waals surface area contributed by atoms with Gasteiger partial charge in [-0.2, -0.15) is 5.10 Å². The first-order valence-electron chi connectivity index (χ1n) is 5.81. The summed E-state index contributed by atoms with van der Waals surface area (Å²) in [6, 6.07) is 1.94. The highest BCUT2D eigenvalue weighted by atomic mass is 32.2. The molecule has 5 heteroatoms. The predicted molar refractivity (Wildman–Crippen MR) is 68.8 cm³/mol. The average Bonchev–Trinajstić information content (AvgIpc) is 2.90. The molecule has 88 valence electrons. The lowest BCUT2D eigenvalue weighted by molar-refractivity contribution is 0.605. The molecule has 2 heterocycles. The van der Waals surface area contributed by atoms with E-state index in [4.69, 9.17) is 0 Å². The zero-order valence-electron chi connectivity index (χ0n) is 9.59. The maximum atomic E-state index is 4.49. The molecule has 0 fully saturated rings. The summed E-state index contributed by atoms with van der Waals surface area (Å²) >= 11 is 1.88. The second kappa shape index (κ2) is 5.94. The van der Waals surface area contributed by atoms with Gasteiger partial charge in [-0.3, -0.25) is 9.67 Å². The molecule has 1 aromatic rings. The Hall–Kier alpha value is -0.970. The van der Waals surface area contributed by atoms with Crippen molar-refractivity contribution in [3.8, 4) is 0 Å². The summed E-state index contributed by atoms with van der Waals surface area (Å²) in [5.74, 6) is 0. The Morgan fingerprint density at radius 1 is 1.62 bits per heavy atom. The Bertz CT molecular complexity index is 334. The van der Waals surface area contributed by atoms with Gasteiger partial charge in [0.25, 0.3) is 0 Å². The SMILES string of the molecule is CCCC1CN=C(NCCn2cccn2)S1. The molecule has 0 radical (unpaired) electrons. The molecule has 1 aliphatic heterocycles. The summed E-state index contributed by atoms with van der Waals surface area (Å²) in [6.07, 6.45) is 6.29. The third-order valence-corrected chi connectivity index (χ3v) is 3.72. The van der Waals surface area contributed by atoms with Crippen LogP contribution in [0.3, 0.4) is 0 Å². The van der Waals surface area contributed by atoms with Gasteiger partial charge in [0, 0.05) is 24.2 Å². The summed E-state index contributed by atoms with van der Waals surface area (Å²) in [5.41, 5.74) is 0. The maximum Gasteiger partial charge on any atom is 0.156 e. The average molecular weight is 238 g/mol. The van der Waals surface area contributed by atoms with Crippen LogP contribution in [-0.4, -0.2) is 33.3 Å². The largest absolute Gasteiger partial charge is 0.363 e. The summed E-state index contributed by atoms with van der Waals surface area (Å²) in [6.45, 7) is 4.99. The third kappa shape index (κ3) is 3.27. The van der Waals surface area contributed by atoms with E-state index in [1.165, 1.54) is 12.8 Å². The molecule has 2 rings (SSSR count). The Morgan fingerprint density at radius 2 is 2.56 bits per heavy atom. The van der Waals surface area contributed by atoms with Gasteiger partial charge in [0.05, 0.1) is 13.1 Å². The fraction of sp³-hybridized carbons (Fsp3) is 0.636.